The molecule has 0 aliphatic rings. The molecule has 96 valence electrons. The number of nitrogens with zero attached hydrogens (tertiary/aromatic N) is 2. The monoisotopic (exact) mass is 226 g/mol. The van der Waals surface area contributed by atoms with Crippen LogP contribution in [-0.2, 0) is 6.42 Å². The highest BCUT2D eigenvalue weighted by molar-refractivity contribution is 5.00. The first-order chi connectivity index (χ1) is 7.59. The molecule has 2 heteroatoms. The Morgan fingerprint density at radius 1 is 1.06 bits per heavy atom. The topological polar surface area (TPSA) is 17.8 Å². The van der Waals surface area contributed by atoms with Crippen molar-refractivity contribution in [3.05, 3.63) is 18.0 Å². The number of rotatable bonds is 3. The molecule has 0 fully saturated rings. The van der Waals surface area contributed by atoms with Crippen LogP contribution in [0.5, 0.6) is 0 Å². The molecule has 1 rings (SSSR count). The summed E-state index contributed by atoms with van der Waals surface area (Å²) in [6.45, 7) is 16.7. The number of hydrogen-bond acceptors (Lipinski definition) is 1. The fourth-order valence-corrected chi connectivity index (χ4v) is 1.19. The molecule has 0 radical (unpaired) electrons. The summed E-state index contributed by atoms with van der Waals surface area (Å²) in [4.78, 5) is 0. The van der Waals surface area contributed by atoms with Crippen LogP contribution in [0.15, 0.2) is 12.3 Å². The largest absolute Gasteiger partial charge is 0.270 e. The lowest BCUT2D eigenvalue weighted by Crippen LogP contribution is -2.03. The average molecular weight is 226 g/mol. The zero-order valence-corrected chi connectivity index (χ0v) is 12.4. The van der Waals surface area contributed by atoms with E-state index < -0.39 is 0 Å². The third-order valence-corrected chi connectivity index (χ3v) is 1.81. The van der Waals surface area contributed by atoms with E-state index >= 15 is 0 Å². The molecular weight excluding hydrogens is 196 g/mol. The third kappa shape index (κ3) is 7.49. The molecule has 0 aromatic carbocycles. The Morgan fingerprint density at radius 3 is 1.88 bits per heavy atom. The molecule has 1 heterocycles. The van der Waals surface area contributed by atoms with Crippen molar-refractivity contribution in [2.75, 3.05) is 0 Å². The van der Waals surface area contributed by atoms with Crippen LogP contribution in [0.2, 0.25) is 0 Å². The van der Waals surface area contributed by atoms with E-state index in [0.29, 0.717) is 12.0 Å². The fourth-order valence-electron chi connectivity index (χ4n) is 1.19. The molecule has 0 bridgehead atoms. The Labute approximate surface area is 102 Å². The lowest BCUT2D eigenvalue weighted by atomic mass is 10.1. The molecule has 1 aromatic rings. The van der Waals surface area contributed by atoms with E-state index in [4.69, 9.17) is 0 Å². The lowest BCUT2D eigenvalue weighted by Gasteiger charge is -2.04. The van der Waals surface area contributed by atoms with Gasteiger partial charge in [0.2, 0.25) is 0 Å². The maximum Gasteiger partial charge on any atom is 0.0627 e. The van der Waals surface area contributed by atoms with Crippen LogP contribution < -0.4 is 0 Å². The van der Waals surface area contributed by atoms with Crippen molar-refractivity contribution in [1.82, 2.24) is 9.78 Å². The van der Waals surface area contributed by atoms with Crippen molar-refractivity contribution < 1.29 is 0 Å². The minimum atomic E-state index is 0.478. The van der Waals surface area contributed by atoms with Gasteiger partial charge in [0.15, 0.2) is 0 Å². The molecule has 0 spiro atoms. The van der Waals surface area contributed by atoms with E-state index in [2.05, 4.69) is 45.1 Å². The molecule has 16 heavy (non-hydrogen) atoms. The van der Waals surface area contributed by atoms with Gasteiger partial charge in [-0.05, 0) is 32.3 Å². The Bertz CT molecular complexity index is 237. The van der Waals surface area contributed by atoms with Gasteiger partial charge in [-0.1, -0.05) is 41.5 Å². The SMILES string of the molecule is CC.CC.CC(C)Cc1ccn(C(C)C)n1. The Kier molecular flexibility index (Phi) is 11.8. The normalized spacial score (nSPS) is 9.38. The fraction of sp³-hybridized carbons (Fsp3) is 0.786. The van der Waals surface area contributed by atoms with Crippen LogP contribution in [0.25, 0.3) is 0 Å². The Balaban J connectivity index is 0. The van der Waals surface area contributed by atoms with Crippen molar-refractivity contribution in [2.45, 2.75) is 67.9 Å². The molecule has 1 aromatic heterocycles. The van der Waals surface area contributed by atoms with Crippen LogP contribution in [0.4, 0.5) is 0 Å². The standard InChI is InChI=1S/C10H18N2.2C2H6/c1-8(2)7-10-5-6-12(11-10)9(3)4;2*1-2/h5-6,8-9H,7H2,1-4H3;2*1-2H3. The molecule has 0 unspecified atom stereocenters. The van der Waals surface area contributed by atoms with Crippen molar-refractivity contribution in [3.63, 3.8) is 0 Å². The number of hydrogen-bond donors (Lipinski definition) is 0. The second-order valence-corrected chi connectivity index (χ2v) is 3.98. The van der Waals surface area contributed by atoms with Gasteiger partial charge in [-0.25, -0.2) is 0 Å². The minimum Gasteiger partial charge on any atom is -0.270 e. The van der Waals surface area contributed by atoms with Gasteiger partial charge in [0.1, 0.15) is 0 Å². The highest BCUT2D eigenvalue weighted by atomic mass is 15.3. The molecule has 0 atom stereocenters. The second-order valence-electron chi connectivity index (χ2n) is 3.98. The molecule has 0 N–H and O–H groups in total. The molecule has 0 saturated carbocycles. The van der Waals surface area contributed by atoms with Crippen LogP contribution in [-0.4, -0.2) is 9.78 Å². The van der Waals surface area contributed by atoms with Crippen LogP contribution in [0, 0.1) is 5.92 Å². The minimum absolute atomic E-state index is 0.478. The van der Waals surface area contributed by atoms with Gasteiger partial charge in [0.05, 0.1) is 5.69 Å². The summed E-state index contributed by atoms with van der Waals surface area (Å²) in [6, 6.07) is 2.59. The summed E-state index contributed by atoms with van der Waals surface area (Å²) >= 11 is 0. The maximum absolute atomic E-state index is 4.47. The zero-order chi connectivity index (χ0) is 13.1. The van der Waals surface area contributed by atoms with Crippen molar-refractivity contribution >= 4 is 0 Å². The third-order valence-electron chi connectivity index (χ3n) is 1.81. The first-order valence-corrected chi connectivity index (χ1v) is 6.63. The van der Waals surface area contributed by atoms with E-state index in [1.807, 2.05) is 32.4 Å². The predicted octanol–water partition coefficient (Wildman–Crippen LogP) is 4.71. The van der Waals surface area contributed by atoms with Gasteiger partial charge in [0, 0.05) is 12.2 Å². The van der Waals surface area contributed by atoms with Gasteiger partial charge in [-0.3, -0.25) is 4.68 Å². The van der Waals surface area contributed by atoms with Crippen molar-refractivity contribution in [2.24, 2.45) is 5.92 Å². The Hall–Kier alpha value is -0.790. The van der Waals surface area contributed by atoms with Gasteiger partial charge < -0.3 is 0 Å². The molecule has 0 amide bonds. The van der Waals surface area contributed by atoms with Gasteiger partial charge in [-0.2, -0.15) is 5.10 Å². The van der Waals surface area contributed by atoms with Crippen molar-refractivity contribution in [3.8, 4) is 0 Å². The van der Waals surface area contributed by atoms with Gasteiger partial charge >= 0.3 is 0 Å². The molecule has 0 aliphatic heterocycles. The summed E-state index contributed by atoms with van der Waals surface area (Å²) in [7, 11) is 0. The zero-order valence-electron chi connectivity index (χ0n) is 12.4. The van der Waals surface area contributed by atoms with E-state index in [9.17, 15) is 0 Å². The summed E-state index contributed by atoms with van der Waals surface area (Å²) in [5.41, 5.74) is 1.21. The average Bonchev–Trinajstić information content (AvgIpc) is 2.71. The predicted molar refractivity (Wildman–Crippen MR) is 73.9 cm³/mol. The summed E-state index contributed by atoms with van der Waals surface area (Å²) < 4.78 is 2.01. The van der Waals surface area contributed by atoms with Crippen LogP contribution in [0.1, 0.15) is 67.1 Å². The van der Waals surface area contributed by atoms with E-state index in [-0.39, 0.29) is 0 Å². The summed E-state index contributed by atoms with van der Waals surface area (Å²) in [5, 5.41) is 4.47. The Morgan fingerprint density at radius 2 is 1.56 bits per heavy atom. The summed E-state index contributed by atoms with van der Waals surface area (Å²) in [6.07, 6.45) is 3.14. The highest BCUT2D eigenvalue weighted by Crippen LogP contribution is 2.08. The van der Waals surface area contributed by atoms with E-state index in [1.54, 1.807) is 0 Å². The van der Waals surface area contributed by atoms with Crippen LogP contribution >= 0.6 is 0 Å². The maximum atomic E-state index is 4.47. The first-order valence-electron chi connectivity index (χ1n) is 6.63. The van der Waals surface area contributed by atoms with Crippen LogP contribution in [0.3, 0.4) is 0 Å². The van der Waals surface area contributed by atoms with Crippen molar-refractivity contribution in [1.29, 1.82) is 0 Å². The molecule has 0 saturated heterocycles. The lowest BCUT2D eigenvalue weighted by molar-refractivity contribution is 0.518. The first kappa shape index (κ1) is 17.6. The van der Waals surface area contributed by atoms with E-state index in [1.165, 1.54) is 5.69 Å². The molecular formula is C14H30N2. The smallest absolute Gasteiger partial charge is 0.0627 e. The van der Waals surface area contributed by atoms with Gasteiger partial charge in [-0.15, -0.1) is 0 Å². The van der Waals surface area contributed by atoms with Gasteiger partial charge in [0.25, 0.3) is 0 Å². The second kappa shape index (κ2) is 10.7. The molecule has 0 aliphatic carbocycles. The molecule has 2 nitrogen and oxygen atoms in total. The summed E-state index contributed by atoms with van der Waals surface area (Å²) in [5.74, 6) is 0.695. The number of aromatic nitrogens is 2. The quantitative estimate of drug-likeness (QED) is 0.729. The highest BCUT2D eigenvalue weighted by Gasteiger charge is 2.03. The van der Waals surface area contributed by atoms with E-state index in [0.717, 1.165) is 6.42 Å².